The van der Waals surface area contributed by atoms with Crippen LogP contribution in [-0.4, -0.2) is 51.0 Å². The number of thiophene rings is 1. The molecule has 4 aromatic rings. The summed E-state index contributed by atoms with van der Waals surface area (Å²) in [7, 11) is 1.58. The molecule has 1 aromatic carbocycles. The number of amides is 1. The number of nitrogens with zero attached hydrogens (tertiary/aromatic N) is 3. The third kappa shape index (κ3) is 5.78. The number of ether oxygens (including phenoxy) is 2. The van der Waals surface area contributed by atoms with Crippen molar-refractivity contribution in [2.24, 2.45) is 0 Å². The maximum absolute atomic E-state index is 14.4. The molecular formula is C31H38N4O7S. The summed E-state index contributed by atoms with van der Waals surface area (Å²) in [6, 6.07) is 7.48. The Balaban J connectivity index is 1.74. The van der Waals surface area contributed by atoms with Crippen LogP contribution in [0, 0.1) is 6.92 Å². The molecule has 230 valence electrons. The summed E-state index contributed by atoms with van der Waals surface area (Å²) in [6.45, 7) is 7.10. The highest BCUT2D eigenvalue weighted by Gasteiger charge is 2.36. The van der Waals surface area contributed by atoms with Gasteiger partial charge >= 0.3 is 5.69 Å². The molecule has 0 spiro atoms. The summed E-state index contributed by atoms with van der Waals surface area (Å²) in [4.78, 5) is 47.1. The number of aliphatic hydroxyl groups is 1. The molecule has 3 aromatic heterocycles. The van der Waals surface area contributed by atoms with Gasteiger partial charge in [0.25, 0.3) is 5.56 Å². The number of fused-ring (bicyclic) bond motifs is 1. The van der Waals surface area contributed by atoms with E-state index < -0.39 is 28.8 Å². The van der Waals surface area contributed by atoms with Gasteiger partial charge in [0.05, 0.1) is 42.3 Å². The van der Waals surface area contributed by atoms with Crippen LogP contribution in [0.2, 0.25) is 0 Å². The number of methoxy groups -OCH3 is 1. The number of benzene rings is 1. The van der Waals surface area contributed by atoms with Crippen LogP contribution in [0.1, 0.15) is 63.7 Å². The van der Waals surface area contributed by atoms with Gasteiger partial charge in [-0.05, 0) is 65.0 Å². The number of para-hydroxylation sites is 1. The zero-order valence-electron chi connectivity index (χ0n) is 25.1. The zero-order chi connectivity index (χ0) is 30.9. The molecule has 0 unspecified atom stereocenters. The van der Waals surface area contributed by atoms with Gasteiger partial charge in [0.2, 0.25) is 11.8 Å². The van der Waals surface area contributed by atoms with Gasteiger partial charge in [-0.3, -0.25) is 14.2 Å². The second kappa shape index (κ2) is 12.5. The minimum atomic E-state index is -1.49. The van der Waals surface area contributed by atoms with E-state index in [0.29, 0.717) is 64.5 Å². The first-order chi connectivity index (χ1) is 20.6. The molecule has 1 atom stereocenters. The van der Waals surface area contributed by atoms with Crippen LogP contribution < -0.4 is 21.3 Å². The number of oxazole rings is 1. The van der Waals surface area contributed by atoms with Crippen molar-refractivity contribution >= 4 is 27.5 Å². The van der Waals surface area contributed by atoms with Crippen LogP contribution in [0.5, 0.6) is 5.75 Å². The Labute approximate surface area is 253 Å². The number of rotatable bonds is 10. The lowest BCUT2D eigenvalue weighted by Gasteiger charge is -2.31. The Hall–Kier alpha value is -3.74. The summed E-state index contributed by atoms with van der Waals surface area (Å²) >= 11 is 1.24. The van der Waals surface area contributed by atoms with E-state index in [9.17, 15) is 19.5 Å². The van der Waals surface area contributed by atoms with Crippen molar-refractivity contribution in [2.75, 3.05) is 13.7 Å². The van der Waals surface area contributed by atoms with Crippen LogP contribution in [0.15, 0.2) is 50.7 Å². The molecule has 43 heavy (non-hydrogen) atoms. The lowest BCUT2D eigenvalue weighted by molar-refractivity contribution is -0.128. The molecule has 1 amide bonds. The molecule has 1 aliphatic carbocycles. The van der Waals surface area contributed by atoms with Crippen LogP contribution in [0.3, 0.4) is 0 Å². The van der Waals surface area contributed by atoms with Gasteiger partial charge in [0, 0.05) is 12.1 Å². The first kappa shape index (κ1) is 30.7. The zero-order valence-corrected chi connectivity index (χ0v) is 25.9. The van der Waals surface area contributed by atoms with E-state index in [1.165, 1.54) is 28.4 Å². The summed E-state index contributed by atoms with van der Waals surface area (Å²) in [5.41, 5.74) is -1.32. The van der Waals surface area contributed by atoms with Crippen molar-refractivity contribution < 1.29 is 23.8 Å². The number of carbonyl (C=O) groups is 1. The highest BCUT2D eigenvalue weighted by Crippen LogP contribution is 2.38. The summed E-state index contributed by atoms with van der Waals surface area (Å²) in [6.07, 6.45) is 4.45. The average molecular weight is 611 g/mol. The van der Waals surface area contributed by atoms with Crippen molar-refractivity contribution in [1.82, 2.24) is 19.4 Å². The number of hydrogen-bond donors (Lipinski definition) is 2. The minimum Gasteiger partial charge on any atom is -0.496 e. The van der Waals surface area contributed by atoms with E-state index in [0.717, 1.165) is 10.1 Å². The maximum atomic E-state index is 14.4. The molecule has 11 nitrogen and oxygen atoms in total. The first-order valence-corrected chi connectivity index (χ1v) is 15.3. The predicted octanol–water partition coefficient (Wildman–Crippen LogP) is 4.13. The molecule has 0 radical (unpaired) electrons. The Morgan fingerprint density at radius 3 is 2.60 bits per heavy atom. The quantitative estimate of drug-likeness (QED) is 0.274. The molecule has 0 bridgehead atoms. The fourth-order valence-corrected chi connectivity index (χ4v) is 6.99. The second-order valence-corrected chi connectivity index (χ2v) is 12.3. The van der Waals surface area contributed by atoms with Crippen molar-refractivity contribution in [2.45, 2.75) is 83.8 Å². The van der Waals surface area contributed by atoms with Crippen molar-refractivity contribution in [3.05, 3.63) is 68.7 Å². The Morgan fingerprint density at radius 1 is 1.23 bits per heavy atom. The molecule has 0 aliphatic heterocycles. The SMILES string of the molecule is CCNC(=O)C(C)(C)n1c(=O)c2c(C)c(-c3ncco3)sc2n(C[C@H](O[C@H]2CC[C@@H](O)CC2)c2ccccc2OC)c1=O. The molecule has 12 heteroatoms. The fourth-order valence-electron chi connectivity index (χ4n) is 5.74. The second-order valence-electron chi connectivity index (χ2n) is 11.3. The van der Waals surface area contributed by atoms with E-state index in [1.54, 1.807) is 34.8 Å². The van der Waals surface area contributed by atoms with E-state index >= 15 is 0 Å². The topological polar surface area (TPSA) is 138 Å². The van der Waals surface area contributed by atoms with Gasteiger partial charge < -0.3 is 24.3 Å². The molecule has 2 N–H and O–H groups in total. The van der Waals surface area contributed by atoms with E-state index in [4.69, 9.17) is 13.9 Å². The standard InChI is InChI=1S/C31H38N4O7S/c1-6-32-29(38)31(3,4)35-27(37)24-18(2)25(26-33-15-16-41-26)43-28(24)34(30(35)39)17-23(21-9-7-8-10-22(21)40-5)42-20-13-11-19(36)12-14-20/h7-10,15-16,19-20,23,36H,6,11-14,17H2,1-5H3,(H,32,38)/t19-,20+,23-/m0/s1. The average Bonchev–Trinajstić information content (AvgIpc) is 3.64. The molecule has 0 saturated heterocycles. The number of hydrogen-bond acceptors (Lipinski definition) is 9. The van der Waals surface area contributed by atoms with Crippen molar-refractivity contribution in [3.8, 4) is 16.5 Å². The van der Waals surface area contributed by atoms with Crippen LogP contribution in [-0.2, 0) is 21.6 Å². The van der Waals surface area contributed by atoms with Gasteiger partial charge in [-0.15, -0.1) is 11.3 Å². The lowest BCUT2D eigenvalue weighted by atomic mass is 9.94. The monoisotopic (exact) mass is 610 g/mol. The normalized spacial score (nSPS) is 18.1. The van der Waals surface area contributed by atoms with Gasteiger partial charge in [-0.25, -0.2) is 14.3 Å². The molecule has 1 saturated carbocycles. The molecule has 1 aliphatic rings. The summed E-state index contributed by atoms with van der Waals surface area (Å²) in [5, 5.41) is 13.1. The van der Waals surface area contributed by atoms with Gasteiger partial charge in [0.15, 0.2) is 0 Å². The van der Waals surface area contributed by atoms with Gasteiger partial charge in [-0.1, -0.05) is 18.2 Å². The Kier molecular flexibility index (Phi) is 8.91. The largest absolute Gasteiger partial charge is 0.496 e. The van der Waals surface area contributed by atoms with E-state index in [2.05, 4.69) is 10.3 Å². The number of likely N-dealkylation sites (N-methyl/N-ethyl adjacent to an activating group) is 1. The smallest absolute Gasteiger partial charge is 0.333 e. The molecule has 3 heterocycles. The third-order valence-corrected chi connectivity index (χ3v) is 9.43. The number of nitrogens with one attached hydrogen (secondary N) is 1. The summed E-state index contributed by atoms with van der Waals surface area (Å²) < 4.78 is 20.5. The third-order valence-electron chi connectivity index (χ3n) is 8.13. The Morgan fingerprint density at radius 2 is 1.95 bits per heavy atom. The van der Waals surface area contributed by atoms with Crippen molar-refractivity contribution in [1.29, 1.82) is 0 Å². The van der Waals surface area contributed by atoms with E-state index in [-0.39, 0.29) is 18.8 Å². The van der Waals surface area contributed by atoms with Crippen LogP contribution >= 0.6 is 11.3 Å². The predicted molar refractivity (Wildman–Crippen MR) is 164 cm³/mol. The fraction of sp³-hybridized carbons (Fsp3) is 0.484. The number of aromatic nitrogens is 3. The number of carbonyl (C=O) groups excluding carboxylic acids is 1. The molecular weight excluding hydrogens is 572 g/mol. The molecule has 5 rings (SSSR count). The number of aryl methyl sites for hydroxylation is 1. The van der Waals surface area contributed by atoms with Gasteiger partial charge in [-0.2, -0.15) is 0 Å². The highest BCUT2D eigenvalue weighted by atomic mass is 32.1. The van der Waals surface area contributed by atoms with Crippen LogP contribution in [0.25, 0.3) is 21.0 Å². The number of aliphatic hydroxyl groups excluding tert-OH is 1. The first-order valence-electron chi connectivity index (χ1n) is 14.5. The molecule has 1 fully saturated rings. The minimum absolute atomic E-state index is 0.0471. The highest BCUT2D eigenvalue weighted by molar-refractivity contribution is 7.22. The van der Waals surface area contributed by atoms with Crippen LogP contribution in [0.4, 0.5) is 0 Å². The maximum Gasteiger partial charge on any atom is 0.333 e. The van der Waals surface area contributed by atoms with Gasteiger partial charge in [0.1, 0.15) is 28.5 Å². The van der Waals surface area contributed by atoms with E-state index in [1.807, 2.05) is 24.3 Å². The Bertz CT molecular complexity index is 1710. The lowest BCUT2D eigenvalue weighted by Crippen LogP contribution is -2.55. The summed E-state index contributed by atoms with van der Waals surface area (Å²) in [5.74, 6) is 0.496. The van der Waals surface area contributed by atoms with Crippen molar-refractivity contribution in [3.63, 3.8) is 0 Å².